The van der Waals surface area contributed by atoms with Crippen LogP contribution in [0.1, 0.15) is 62.2 Å². The monoisotopic (exact) mass is 523 g/mol. The standard InChI is InChI=1S/C25H28F3N5O2.ClH/c1-24(2,3)18-13-16(21-31-22(35-32-21)19-5-4-12-33(19)23(29)30)8-11-20(18)34-14-15-6-9-17(10-7-15)25(26,27)28;/h6-11,13,19H,4-5,12,14H2,1-3H3,(H3,29,30);1H/t19-;/m0./s1. The SMILES string of the molecule is CC(C)(C)c1cc(-c2noc([C@@H]3CCCN3C(=N)N)n2)ccc1OCc1ccc(C(F)(F)F)cc1.Cl. The van der Waals surface area contributed by atoms with Crippen LogP contribution in [0.3, 0.4) is 0 Å². The maximum atomic E-state index is 12.8. The van der Waals surface area contributed by atoms with Gasteiger partial charge in [-0.1, -0.05) is 38.1 Å². The molecule has 2 aromatic carbocycles. The number of rotatable bonds is 5. The van der Waals surface area contributed by atoms with Gasteiger partial charge in [-0.2, -0.15) is 18.2 Å². The summed E-state index contributed by atoms with van der Waals surface area (Å²) in [5.74, 6) is 1.46. The largest absolute Gasteiger partial charge is 0.489 e. The van der Waals surface area contributed by atoms with Crippen LogP contribution >= 0.6 is 12.4 Å². The van der Waals surface area contributed by atoms with E-state index >= 15 is 0 Å². The van der Waals surface area contributed by atoms with Crippen LogP contribution in [0.4, 0.5) is 13.2 Å². The van der Waals surface area contributed by atoms with Crippen molar-refractivity contribution >= 4 is 18.4 Å². The molecule has 1 aromatic heterocycles. The molecular weight excluding hydrogens is 495 g/mol. The molecule has 1 fully saturated rings. The fourth-order valence-corrected chi connectivity index (χ4v) is 4.13. The molecule has 0 aliphatic carbocycles. The molecule has 0 unspecified atom stereocenters. The maximum Gasteiger partial charge on any atom is 0.416 e. The summed E-state index contributed by atoms with van der Waals surface area (Å²) in [5, 5.41) is 11.9. The molecule has 4 rings (SSSR count). The molecule has 0 spiro atoms. The molecule has 0 amide bonds. The van der Waals surface area contributed by atoms with Crippen LogP contribution in [0.5, 0.6) is 5.75 Å². The number of alkyl halides is 3. The third kappa shape index (κ3) is 5.92. The van der Waals surface area contributed by atoms with Crippen molar-refractivity contribution in [3.63, 3.8) is 0 Å². The number of halogens is 4. The van der Waals surface area contributed by atoms with E-state index in [0.29, 0.717) is 29.6 Å². The molecule has 3 N–H and O–H groups in total. The van der Waals surface area contributed by atoms with Crippen LogP contribution in [-0.2, 0) is 18.2 Å². The first-order valence-corrected chi connectivity index (χ1v) is 11.3. The number of ether oxygens (including phenoxy) is 1. The molecule has 0 saturated carbocycles. The van der Waals surface area contributed by atoms with E-state index in [4.69, 9.17) is 20.4 Å². The van der Waals surface area contributed by atoms with Crippen LogP contribution in [0.15, 0.2) is 47.0 Å². The lowest BCUT2D eigenvalue weighted by atomic mass is 9.85. The van der Waals surface area contributed by atoms with Crippen LogP contribution in [0, 0.1) is 5.41 Å². The Bertz CT molecular complexity index is 1210. The Hall–Kier alpha value is -3.27. The van der Waals surface area contributed by atoms with Gasteiger partial charge in [-0.25, -0.2) is 0 Å². The number of nitrogens with one attached hydrogen (secondary N) is 1. The molecule has 194 valence electrons. The Morgan fingerprint density at radius 2 is 1.86 bits per heavy atom. The van der Waals surface area contributed by atoms with Gasteiger partial charge < -0.3 is 19.9 Å². The van der Waals surface area contributed by atoms with Gasteiger partial charge in [0.05, 0.1) is 5.56 Å². The predicted molar refractivity (Wildman–Crippen MR) is 132 cm³/mol. The molecule has 11 heteroatoms. The third-order valence-electron chi connectivity index (χ3n) is 6.01. The Morgan fingerprint density at radius 3 is 2.47 bits per heavy atom. The number of aromatic nitrogens is 2. The van der Waals surface area contributed by atoms with E-state index in [9.17, 15) is 13.2 Å². The van der Waals surface area contributed by atoms with Gasteiger partial charge in [0.25, 0.3) is 0 Å². The number of nitrogens with two attached hydrogens (primary N) is 1. The summed E-state index contributed by atoms with van der Waals surface area (Å²) in [6, 6.07) is 10.3. The van der Waals surface area contributed by atoms with Crippen molar-refractivity contribution in [2.24, 2.45) is 5.73 Å². The molecule has 7 nitrogen and oxygen atoms in total. The molecular formula is C25H29ClF3N5O2. The first-order valence-electron chi connectivity index (χ1n) is 11.3. The van der Waals surface area contributed by atoms with E-state index in [2.05, 4.69) is 10.1 Å². The highest BCUT2D eigenvalue weighted by Crippen LogP contribution is 2.36. The van der Waals surface area contributed by atoms with Gasteiger partial charge in [0.2, 0.25) is 11.7 Å². The topological polar surface area (TPSA) is 101 Å². The Balaban J connectivity index is 0.00000361. The number of hydrogen-bond acceptors (Lipinski definition) is 5. The van der Waals surface area contributed by atoms with Crippen molar-refractivity contribution in [3.05, 3.63) is 65.0 Å². The lowest BCUT2D eigenvalue weighted by molar-refractivity contribution is -0.137. The average molecular weight is 524 g/mol. The molecule has 1 aliphatic rings. The summed E-state index contributed by atoms with van der Waals surface area (Å²) in [6.07, 6.45) is -2.70. The molecule has 2 heterocycles. The van der Waals surface area contributed by atoms with Crippen molar-refractivity contribution in [1.29, 1.82) is 5.41 Å². The van der Waals surface area contributed by atoms with E-state index in [-0.39, 0.29) is 36.4 Å². The molecule has 36 heavy (non-hydrogen) atoms. The van der Waals surface area contributed by atoms with Gasteiger partial charge in [0.1, 0.15) is 18.4 Å². The average Bonchev–Trinajstić information content (AvgIpc) is 3.46. The highest BCUT2D eigenvalue weighted by molar-refractivity contribution is 5.85. The lowest BCUT2D eigenvalue weighted by Gasteiger charge is -2.23. The number of benzene rings is 2. The summed E-state index contributed by atoms with van der Waals surface area (Å²) in [4.78, 5) is 6.31. The van der Waals surface area contributed by atoms with Gasteiger partial charge in [0.15, 0.2) is 5.96 Å². The van der Waals surface area contributed by atoms with Crippen molar-refractivity contribution in [3.8, 4) is 17.1 Å². The van der Waals surface area contributed by atoms with Crippen LogP contribution in [-0.4, -0.2) is 27.5 Å². The number of hydrogen-bond donors (Lipinski definition) is 2. The fraction of sp³-hybridized carbons (Fsp3) is 0.400. The van der Waals surface area contributed by atoms with Gasteiger partial charge in [-0.3, -0.25) is 5.41 Å². The van der Waals surface area contributed by atoms with Gasteiger partial charge in [0, 0.05) is 17.7 Å². The van der Waals surface area contributed by atoms with E-state index in [0.717, 1.165) is 36.1 Å². The summed E-state index contributed by atoms with van der Waals surface area (Å²) in [6.45, 7) is 6.94. The zero-order valence-electron chi connectivity index (χ0n) is 20.2. The maximum absolute atomic E-state index is 12.8. The molecule has 1 saturated heterocycles. The number of likely N-dealkylation sites (tertiary alicyclic amines) is 1. The third-order valence-corrected chi connectivity index (χ3v) is 6.01. The summed E-state index contributed by atoms with van der Waals surface area (Å²) in [7, 11) is 0. The molecule has 1 aliphatic heterocycles. The van der Waals surface area contributed by atoms with Gasteiger partial charge >= 0.3 is 6.18 Å². The zero-order chi connectivity index (χ0) is 25.4. The first-order chi connectivity index (χ1) is 16.4. The van der Waals surface area contributed by atoms with E-state index in [1.807, 2.05) is 39.0 Å². The number of nitrogens with zero attached hydrogens (tertiary/aromatic N) is 3. The number of guanidine groups is 1. The van der Waals surface area contributed by atoms with Gasteiger partial charge in [-0.15, -0.1) is 12.4 Å². The normalized spacial score (nSPS) is 16.1. The first kappa shape index (κ1) is 27.3. The second-order valence-corrected chi connectivity index (χ2v) is 9.64. The minimum atomic E-state index is -4.37. The molecule has 1 atom stereocenters. The smallest absolute Gasteiger partial charge is 0.416 e. The van der Waals surface area contributed by atoms with Crippen LogP contribution in [0.2, 0.25) is 0 Å². The van der Waals surface area contributed by atoms with Gasteiger partial charge in [-0.05, 0) is 54.2 Å². The lowest BCUT2D eigenvalue weighted by Crippen LogP contribution is -2.35. The highest BCUT2D eigenvalue weighted by atomic mass is 35.5. The van der Waals surface area contributed by atoms with Crippen molar-refractivity contribution in [2.45, 2.75) is 57.9 Å². The zero-order valence-corrected chi connectivity index (χ0v) is 21.0. The Labute approximate surface area is 213 Å². The second kappa shape index (κ2) is 10.4. The molecule has 0 bridgehead atoms. The van der Waals surface area contributed by atoms with Crippen LogP contribution in [0.25, 0.3) is 11.4 Å². The second-order valence-electron chi connectivity index (χ2n) is 9.64. The van der Waals surface area contributed by atoms with Crippen LogP contribution < -0.4 is 10.5 Å². The summed E-state index contributed by atoms with van der Waals surface area (Å²) < 4.78 is 49.9. The van der Waals surface area contributed by atoms with Crippen molar-refractivity contribution < 1.29 is 22.4 Å². The Morgan fingerprint density at radius 1 is 1.17 bits per heavy atom. The summed E-state index contributed by atoms with van der Waals surface area (Å²) in [5.41, 5.74) is 6.99. The molecule has 3 aromatic rings. The van der Waals surface area contributed by atoms with E-state index in [1.54, 1.807) is 4.90 Å². The quantitative estimate of drug-likeness (QED) is 0.310. The minimum Gasteiger partial charge on any atom is -0.489 e. The minimum absolute atomic E-state index is 0. The highest BCUT2D eigenvalue weighted by Gasteiger charge is 2.32. The fourth-order valence-electron chi connectivity index (χ4n) is 4.13. The van der Waals surface area contributed by atoms with E-state index in [1.165, 1.54) is 12.1 Å². The summed E-state index contributed by atoms with van der Waals surface area (Å²) >= 11 is 0. The van der Waals surface area contributed by atoms with Crippen molar-refractivity contribution in [2.75, 3.05) is 6.54 Å². The molecule has 0 radical (unpaired) electrons. The Kier molecular flexibility index (Phi) is 7.88. The predicted octanol–water partition coefficient (Wildman–Crippen LogP) is 6.08. The van der Waals surface area contributed by atoms with Crippen molar-refractivity contribution in [1.82, 2.24) is 15.0 Å². The van der Waals surface area contributed by atoms with E-state index < -0.39 is 11.7 Å².